The van der Waals surface area contributed by atoms with Gasteiger partial charge in [-0.25, -0.2) is 4.98 Å². The normalized spacial score (nSPS) is 12.1. The molecule has 4 heterocycles. The van der Waals surface area contributed by atoms with Crippen molar-refractivity contribution in [1.29, 1.82) is 0 Å². The molecule has 0 aliphatic carbocycles. The number of pyridine rings is 3. The second-order valence-electron chi connectivity index (χ2n) is 9.49. The van der Waals surface area contributed by atoms with Gasteiger partial charge in [0.2, 0.25) is 0 Å². The molecular weight excluding hydrogens is 416 g/mol. The third-order valence-corrected chi connectivity index (χ3v) is 7.15. The number of aromatic nitrogens is 4. The lowest BCUT2D eigenvalue weighted by atomic mass is 9.77. The molecule has 0 N–H and O–H groups in total. The first-order valence-electron chi connectivity index (χ1n) is 11.6. The molecule has 0 aliphatic heterocycles. The van der Waals surface area contributed by atoms with Gasteiger partial charge >= 0.3 is 0 Å². The molecule has 4 heteroatoms. The van der Waals surface area contributed by atoms with Gasteiger partial charge in [-0.05, 0) is 67.4 Å². The molecule has 0 radical (unpaired) electrons. The van der Waals surface area contributed by atoms with Gasteiger partial charge in [0, 0.05) is 39.8 Å². The summed E-state index contributed by atoms with van der Waals surface area (Å²) in [5, 5.41) is 2.23. The van der Waals surface area contributed by atoms with Crippen LogP contribution in [0.5, 0.6) is 0 Å². The molecule has 34 heavy (non-hydrogen) atoms. The molecule has 0 amide bonds. The highest BCUT2D eigenvalue weighted by Crippen LogP contribution is 2.37. The molecule has 0 bridgehead atoms. The van der Waals surface area contributed by atoms with E-state index in [0.717, 1.165) is 44.4 Å². The van der Waals surface area contributed by atoms with E-state index in [9.17, 15) is 0 Å². The molecule has 0 saturated carbocycles. The van der Waals surface area contributed by atoms with E-state index in [0.29, 0.717) is 0 Å². The third kappa shape index (κ3) is 3.02. The summed E-state index contributed by atoms with van der Waals surface area (Å²) in [5.41, 5.74) is 9.75. The molecule has 4 nitrogen and oxygen atoms in total. The maximum atomic E-state index is 4.87. The third-order valence-electron chi connectivity index (χ3n) is 7.15. The van der Waals surface area contributed by atoms with Crippen molar-refractivity contribution in [1.82, 2.24) is 19.4 Å². The van der Waals surface area contributed by atoms with Crippen molar-refractivity contribution in [2.45, 2.75) is 33.1 Å². The lowest BCUT2D eigenvalue weighted by molar-refractivity contribution is 0.642. The minimum atomic E-state index is -0.199. The summed E-state index contributed by atoms with van der Waals surface area (Å²) in [7, 11) is 0. The Morgan fingerprint density at radius 1 is 0.735 bits per heavy atom. The molecular formula is C30H26N4. The second kappa shape index (κ2) is 7.49. The van der Waals surface area contributed by atoms with Crippen LogP contribution >= 0.6 is 0 Å². The van der Waals surface area contributed by atoms with Crippen molar-refractivity contribution < 1.29 is 0 Å². The van der Waals surface area contributed by atoms with Gasteiger partial charge in [-0.15, -0.1) is 0 Å². The smallest absolute Gasteiger partial charge is 0.147 e. The summed E-state index contributed by atoms with van der Waals surface area (Å²) >= 11 is 0. The Bertz CT molecular complexity index is 1690. The monoisotopic (exact) mass is 442 g/mol. The lowest BCUT2D eigenvalue weighted by Crippen LogP contribution is -2.19. The van der Waals surface area contributed by atoms with Crippen molar-refractivity contribution in [2.75, 3.05) is 0 Å². The summed E-state index contributed by atoms with van der Waals surface area (Å²) < 4.78 is 2.27. The predicted molar refractivity (Wildman–Crippen MR) is 139 cm³/mol. The number of fused-ring (bicyclic) bond motifs is 6. The highest BCUT2D eigenvalue weighted by molar-refractivity contribution is 6.10. The summed E-state index contributed by atoms with van der Waals surface area (Å²) in [6.45, 7) is 8.78. The van der Waals surface area contributed by atoms with Crippen LogP contribution in [0.3, 0.4) is 0 Å². The van der Waals surface area contributed by atoms with Gasteiger partial charge in [-0.1, -0.05) is 44.2 Å². The molecule has 0 atom stereocenters. The number of hydrogen-bond acceptors (Lipinski definition) is 3. The van der Waals surface area contributed by atoms with Crippen LogP contribution in [0.2, 0.25) is 0 Å². The Labute approximate surface area is 199 Å². The highest BCUT2D eigenvalue weighted by atomic mass is 15.0. The van der Waals surface area contributed by atoms with E-state index in [4.69, 9.17) is 9.97 Å². The molecule has 0 fully saturated rings. The molecule has 0 unspecified atom stereocenters. The summed E-state index contributed by atoms with van der Waals surface area (Å²) in [4.78, 5) is 14.2. The Hall–Kier alpha value is -4.05. The first-order chi connectivity index (χ1) is 16.4. The first kappa shape index (κ1) is 20.5. The van der Waals surface area contributed by atoms with Gasteiger partial charge in [0.15, 0.2) is 0 Å². The fourth-order valence-electron chi connectivity index (χ4n) is 4.96. The molecule has 0 saturated heterocycles. The van der Waals surface area contributed by atoms with Gasteiger partial charge in [-0.3, -0.25) is 14.4 Å². The van der Waals surface area contributed by atoms with Crippen LogP contribution in [0.1, 0.15) is 36.4 Å². The van der Waals surface area contributed by atoms with Gasteiger partial charge in [-0.2, -0.15) is 0 Å². The maximum Gasteiger partial charge on any atom is 0.147 e. The standard InChI is InChI=1S/C30H26N4/c1-19-20(2)34-27-14-13-23(18-25(27)28-24(29(34)33-19)11-8-16-32-28)30(3,4)22-10-7-9-21(17-22)26-12-5-6-15-31-26/h5-18H,1-4H3. The first-order valence-corrected chi connectivity index (χ1v) is 11.6. The van der Waals surface area contributed by atoms with Crippen LogP contribution in [0, 0.1) is 13.8 Å². The fourth-order valence-corrected chi connectivity index (χ4v) is 4.96. The summed E-state index contributed by atoms with van der Waals surface area (Å²) in [6, 6.07) is 25.7. The van der Waals surface area contributed by atoms with Crippen LogP contribution < -0.4 is 0 Å². The average molecular weight is 443 g/mol. The average Bonchev–Trinajstić information content (AvgIpc) is 3.19. The van der Waals surface area contributed by atoms with E-state index < -0.39 is 0 Å². The quantitative estimate of drug-likeness (QED) is 0.276. The zero-order chi connectivity index (χ0) is 23.4. The van der Waals surface area contributed by atoms with E-state index in [2.05, 4.69) is 91.7 Å². The SMILES string of the molecule is Cc1nc2c3cccnc3c3cc(C(C)(C)c4cccc(-c5ccccn5)c4)ccc3n2c1C. The van der Waals surface area contributed by atoms with E-state index in [1.165, 1.54) is 16.8 Å². The van der Waals surface area contributed by atoms with Crippen LogP contribution in [-0.4, -0.2) is 19.4 Å². The number of rotatable bonds is 3. The Kier molecular flexibility index (Phi) is 4.53. The number of imidazole rings is 1. The Morgan fingerprint density at radius 2 is 1.56 bits per heavy atom. The predicted octanol–water partition coefficient (Wildman–Crippen LogP) is 7.04. The number of hydrogen-bond donors (Lipinski definition) is 0. The number of nitrogens with zero attached hydrogens (tertiary/aromatic N) is 4. The number of aryl methyl sites for hydroxylation is 2. The largest absolute Gasteiger partial charge is 0.296 e. The van der Waals surface area contributed by atoms with Gasteiger partial charge in [0.05, 0.1) is 22.4 Å². The number of benzene rings is 2. The molecule has 0 aliphatic rings. The molecule has 6 aromatic rings. The van der Waals surface area contributed by atoms with Crippen molar-refractivity contribution in [3.05, 3.63) is 108 Å². The van der Waals surface area contributed by atoms with Crippen molar-refractivity contribution >= 4 is 27.5 Å². The van der Waals surface area contributed by atoms with Gasteiger partial charge < -0.3 is 0 Å². The second-order valence-corrected chi connectivity index (χ2v) is 9.49. The van der Waals surface area contributed by atoms with Crippen molar-refractivity contribution in [2.24, 2.45) is 0 Å². The highest BCUT2D eigenvalue weighted by Gasteiger charge is 2.25. The molecule has 0 spiro atoms. The van der Waals surface area contributed by atoms with Gasteiger partial charge in [0.1, 0.15) is 5.65 Å². The van der Waals surface area contributed by atoms with E-state index in [1.54, 1.807) is 0 Å². The topological polar surface area (TPSA) is 43.1 Å². The molecule has 166 valence electrons. The summed E-state index contributed by atoms with van der Waals surface area (Å²) in [5.74, 6) is 0. The van der Waals surface area contributed by atoms with Crippen LogP contribution in [0.15, 0.2) is 85.2 Å². The van der Waals surface area contributed by atoms with Crippen molar-refractivity contribution in [3.8, 4) is 11.3 Å². The minimum Gasteiger partial charge on any atom is -0.296 e. The molecule has 6 rings (SSSR count). The van der Waals surface area contributed by atoms with E-state index in [-0.39, 0.29) is 5.41 Å². The van der Waals surface area contributed by atoms with Crippen LogP contribution in [-0.2, 0) is 5.41 Å². The fraction of sp³-hybridized carbons (Fsp3) is 0.167. The van der Waals surface area contributed by atoms with E-state index >= 15 is 0 Å². The van der Waals surface area contributed by atoms with Crippen LogP contribution in [0.25, 0.3) is 38.7 Å². The molecule has 2 aromatic carbocycles. The Balaban J connectivity index is 1.58. The minimum absolute atomic E-state index is 0.199. The molecule has 4 aromatic heterocycles. The maximum absolute atomic E-state index is 4.87. The Morgan fingerprint density at radius 3 is 2.38 bits per heavy atom. The van der Waals surface area contributed by atoms with Crippen LogP contribution in [0.4, 0.5) is 0 Å². The lowest BCUT2D eigenvalue weighted by Gasteiger charge is -2.27. The van der Waals surface area contributed by atoms with Crippen molar-refractivity contribution in [3.63, 3.8) is 0 Å². The van der Waals surface area contributed by atoms with E-state index in [1.807, 2.05) is 30.6 Å². The summed E-state index contributed by atoms with van der Waals surface area (Å²) in [6.07, 6.45) is 3.71. The van der Waals surface area contributed by atoms with Gasteiger partial charge in [0.25, 0.3) is 0 Å². The zero-order valence-electron chi connectivity index (χ0n) is 19.9. The zero-order valence-corrected chi connectivity index (χ0v) is 19.9.